The second-order valence-corrected chi connectivity index (χ2v) is 5.50. The third-order valence-electron chi connectivity index (χ3n) is 3.39. The number of hydrogen-bond donors (Lipinski definition) is 2. The van der Waals surface area contributed by atoms with Crippen molar-refractivity contribution < 1.29 is 24.2 Å². The Morgan fingerprint density at radius 1 is 0.920 bits per heavy atom. The fraction of sp³-hybridized carbons (Fsp3) is 0.263. The number of aliphatic carboxylic acids is 1. The van der Waals surface area contributed by atoms with Crippen molar-refractivity contribution in [2.75, 3.05) is 6.61 Å². The molecule has 0 heterocycles. The van der Waals surface area contributed by atoms with Gasteiger partial charge in [0.25, 0.3) is 0 Å². The number of benzene rings is 2. The molecule has 0 radical (unpaired) electrons. The molecule has 0 aliphatic rings. The molecule has 0 spiro atoms. The van der Waals surface area contributed by atoms with Crippen LogP contribution < -0.4 is 5.32 Å². The van der Waals surface area contributed by atoms with E-state index in [1.165, 1.54) is 0 Å². The highest BCUT2D eigenvalue weighted by Crippen LogP contribution is 2.04. The van der Waals surface area contributed by atoms with Gasteiger partial charge in [0.15, 0.2) is 0 Å². The smallest absolute Gasteiger partial charge is 0.407 e. The van der Waals surface area contributed by atoms with Gasteiger partial charge < -0.3 is 19.9 Å². The minimum Gasteiger partial charge on any atom is -0.481 e. The first-order chi connectivity index (χ1) is 12.1. The van der Waals surface area contributed by atoms with E-state index in [9.17, 15) is 9.59 Å². The maximum atomic E-state index is 11.9. The van der Waals surface area contributed by atoms with Crippen LogP contribution in [0.4, 0.5) is 4.79 Å². The van der Waals surface area contributed by atoms with Gasteiger partial charge in [-0.05, 0) is 11.1 Å². The summed E-state index contributed by atoms with van der Waals surface area (Å²) in [7, 11) is 0. The predicted molar refractivity (Wildman–Crippen MR) is 91.9 cm³/mol. The number of carboxylic acid groups (broad SMARTS) is 1. The van der Waals surface area contributed by atoms with Crippen LogP contribution >= 0.6 is 0 Å². The number of nitrogens with one attached hydrogen (secondary N) is 1. The third-order valence-corrected chi connectivity index (χ3v) is 3.39. The van der Waals surface area contributed by atoms with E-state index >= 15 is 0 Å². The van der Waals surface area contributed by atoms with Gasteiger partial charge in [-0.25, -0.2) is 4.79 Å². The Bertz CT molecular complexity index is 660. The predicted octanol–water partition coefficient (Wildman–Crippen LogP) is 2.97. The molecule has 0 saturated heterocycles. The van der Waals surface area contributed by atoms with Gasteiger partial charge >= 0.3 is 12.1 Å². The Balaban J connectivity index is 1.77. The first kappa shape index (κ1) is 18.5. The average Bonchev–Trinajstić information content (AvgIpc) is 2.61. The van der Waals surface area contributed by atoms with Crippen molar-refractivity contribution in [3.63, 3.8) is 0 Å². The summed E-state index contributed by atoms with van der Waals surface area (Å²) in [5, 5.41) is 11.5. The van der Waals surface area contributed by atoms with Crippen molar-refractivity contribution in [2.45, 2.75) is 25.7 Å². The summed E-state index contributed by atoms with van der Waals surface area (Å²) < 4.78 is 10.6. The van der Waals surface area contributed by atoms with E-state index in [1.54, 1.807) is 0 Å². The highest BCUT2D eigenvalue weighted by molar-refractivity contribution is 5.71. The minimum atomic E-state index is -1.02. The van der Waals surface area contributed by atoms with Gasteiger partial charge in [0.1, 0.15) is 6.61 Å². The maximum absolute atomic E-state index is 11.9. The van der Waals surface area contributed by atoms with Gasteiger partial charge in [-0.1, -0.05) is 60.7 Å². The third kappa shape index (κ3) is 7.50. The summed E-state index contributed by atoms with van der Waals surface area (Å²) in [6, 6.07) is 18.1. The second-order valence-electron chi connectivity index (χ2n) is 5.50. The number of hydrogen-bond acceptors (Lipinski definition) is 4. The molecule has 1 amide bonds. The van der Waals surface area contributed by atoms with Crippen LogP contribution in [0.25, 0.3) is 0 Å². The molecule has 25 heavy (non-hydrogen) atoms. The van der Waals surface area contributed by atoms with Crippen LogP contribution in [0, 0.1) is 0 Å². The molecule has 0 aromatic heterocycles. The van der Waals surface area contributed by atoms with Crippen molar-refractivity contribution in [1.29, 1.82) is 0 Å². The molecule has 1 unspecified atom stereocenters. The molecular weight excluding hydrogens is 322 g/mol. The van der Waals surface area contributed by atoms with Crippen LogP contribution in [0.3, 0.4) is 0 Å². The molecule has 2 N–H and O–H groups in total. The SMILES string of the molecule is O=C(O)CC(COCc1ccccc1)NC(=O)OCc1ccccc1. The standard InChI is InChI=1S/C19H21NO5/c21-18(22)11-17(14-24-12-15-7-3-1-4-8-15)20-19(23)25-13-16-9-5-2-6-10-16/h1-10,17H,11-14H2,(H,20,23)(H,21,22). The molecule has 132 valence electrons. The van der Waals surface area contributed by atoms with Gasteiger partial charge in [-0.3, -0.25) is 4.79 Å². The summed E-state index contributed by atoms with van der Waals surface area (Å²) in [6.07, 6.45) is -0.909. The molecule has 0 fully saturated rings. The lowest BCUT2D eigenvalue weighted by Gasteiger charge is -2.17. The monoisotopic (exact) mass is 343 g/mol. The number of carbonyl (C=O) groups excluding carboxylic acids is 1. The molecule has 0 saturated carbocycles. The van der Waals surface area contributed by atoms with Crippen molar-refractivity contribution >= 4 is 12.1 Å². The zero-order chi connectivity index (χ0) is 17.9. The minimum absolute atomic E-state index is 0.0850. The molecule has 0 aliphatic carbocycles. The van der Waals surface area contributed by atoms with Crippen molar-refractivity contribution in [3.8, 4) is 0 Å². The normalized spacial score (nSPS) is 11.5. The number of amides is 1. The topological polar surface area (TPSA) is 84.9 Å². The van der Waals surface area contributed by atoms with E-state index in [-0.39, 0.29) is 19.6 Å². The van der Waals surface area contributed by atoms with Gasteiger partial charge in [0.2, 0.25) is 0 Å². The van der Waals surface area contributed by atoms with E-state index < -0.39 is 18.1 Å². The first-order valence-corrected chi connectivity index (χ1v) is 7.94. The second kappa shape index (κ2) is 10.1. The zero-order valence-electron chi connectivity index (χ0n) is 13.8. The Morgan fingerprint density at radius 3 is 2.04 bits per heavy atom. The fourth-order valence-electron chi connectivity index (χ4n) is 2.19. The summed E-state index contributed by atoms with van der Waals surface area (Å²) in [4.78, 5) is 22.8. The summed E-state index contributed by atoms with van der Waals surface area (Å²) in [5.41, 5.74) is 1.83. The van der Waals surface area contributed by atoms with Gasteiger partial charge in [0, 0.05) is 0 Å². The Labute approximate surface area is 146 Å². The van der Waals surface area contributed by atoms with Crippen molar-refractivity contribution in [3.05, 3.63) is 71.8 Å². The number of carbonyl (C=O) groups is 2. The number of rotatable bonds is 9. The zero-order valence-corrected chi connectivity index (χ0v) is 13.8. The average molecular weight is 343 g/mol. The van der Waals surface area contributed by atoms with E-state index in [0.717, 1.165) is 11.1 Å². The van der Waals surface area contributed by atoms with E-state index in [0.29, 0.717) is 6.61 Å². The molecule has 6 heteroatoms. The summed E-state index contributed by atoms with van der Waals surface area (Å²) in [6.45, 7) is 0.552. The lowest BCUT2D eigenvalue weighted by atomic mass is 10.2. The quantitative estimate of drug-likeness (QED) is 0.731. The van der Waals surface area contributed by atoms with Crippen LogP contribution in [-0.4, -0.2) is 29.8 Å². The lowest BCUT2D eigenvalue weighted by molar-refractivity contribution is -0.137. The molecule has 2 aromatic rings. The molecule has 6 nitrogen and oxygen atoms in total. The number of alkyl carbamates (subject to hydrolysis) is 1. The Hall–Kier alpha value is -2.86. The summed E-state index contributed by atoms with van der Waals surface area (Å²) >= 11 is 0. The van der Waals surface area contributed by atoms with Gasteiger partial charge in [-0.2, -0.15) is 0 Å². The van der Waals surface area contributed by atoms with Crippen LogP contribution in [0.5, 0.6) is 0 Å². The number of ether oxygens (including phenoxy) is 2. The summed E-state index contributed by atoms with van der Waals surface area (Å²) in [5.74, 6) is -1.02. The van der Waals surface area contributed by atoms with E-state index in [1.807, 2.05) is 60.7 Å². The van der Waals surface area contributed by atoms with Crippen LogP contribution in [0.1, 0.15) is 17.5 Å². The molecule has 2 aromatic carbocycles. The Kier molecular flexibility index (Phi) is 7.46. The fourth-order valence-corrected chi connectivity index (χ4v) is 2.19. The maximum Gasteiger partial charge on any atom is 0.407 e. The molecule has 0 bridgehead atoms. The van der Waals surface area contributed by atoms with Crippen molar-refractivity contribution in [2.24, 2.45) is 0 Å². The molecular formula is C19H21NO5. The highest BCUT2D eigenvalue weighted by Gasteiger charge is 2.17. The molecule has 1 atom stereocenters. The molecule has 0 aliphatic heterocycles. The van der Waals surface area contributed by atoms with Gasteiger partial charge in [0.05, 0.1) is 25.7 Å². The van der Waals surface area contributed by atoms with Crippen LogP contribution in [-0.2, 0) is 27.5 Å². The van der Waals surface area contributed by atoms with Gasteiger partial charge in [-0.15, -0.1) is 0 Å². The van der Waals surface area contributed by atoms with Crippen LogP contribution in [0.2, 0.25) is 0 Å². The first-order valence-electron chi connectivity index (χ1n) is 7.94. The van der Waals surface area contributed by atoms with Crippen LogP contribution in [0.15, 0.2) is 60.7 Å². The van der Waals surface area contributed by atoms with E-state index in [2.05, 4.69) is 5.32 Å². The largest absolute Gasteiger partial charge is 0.481 e. The highest BCUT2D eigenvalue weighted by atomic mass is 16.5. The lowest BCUT2D eigenvalue weighted by Crippen LogP contribution is -2.40. The van der Waals surface area contributed by atoms with E-state index in [4.69, 9.17) is 14.6 Å². The Morgan fingerprint density at radius 2 is 1.48 bits per heavy atom. The van der Waals surface area contributed by atoms with Crippen molar-refractivity contribution in [1.82, 2.24) is 5.32 Å². The number of carboxylic acids is 1. The molecule has 2 rings (SSSR count).